The highest BCUT2D eigenvalue weighted by Gasteiger charge is 2.34. The smallest absolute Gasteiger partial charge is 0.417 e. The Hall–Kier alpha value is -3.27. The fourth-order valence-electron chi connectivity index (χ4n) is 3.86. The number of carboxylic acid groups (broad SMARTS) is 1. The first kappa shape index (κ1) is 28.3. The molecule has 0 saturated heterocycles. The van der Waals surface area contributed by atoms with Crippen molar-refractivity contribution in [3.05, 3.63) is 82.1 Å². The molecule has 0 radical (unpaired) electrons. The highest BCUT2D eigenvalue weighted by atomic mass is 35.5. The summed E-state index contributed by atoms with van der Waals surface area (Å²) in [7, 11) is 0. The molecular weight excluding hydrogens is 527 g/mol. The van der Waals surface area contributed by atoms with Crippen molar-refractivity contribution in [2.75, 3.05) is 5.32 Å². The van der Waals surface area contributed by atoms with Crippen molar-refractivity contribution in [3.8, 4) is 11.1 Å². The van der Waals surface area contributed by atoms with Gasteiger partial charge in [-0.05, 0) is 71.5 Å². The maximum Gasteiger partial charge on any atom is 0.417 e. The van der Waals surface area contributed by atoms with Gasteiger partial charge in [0.25, 0.3) is 0 Å². The third-order valence-corrected chi connectivity index (χ3v) is 5.81. The second kappa shape index (κ2) is 10.6. The van der Waals surface area contributed by atoms with E-state index >= 15 is 0 Å². The van der Waals surface area contributed by atoms with Crippen molar-refractivity contribution in [2.24, 2.45) is 5.92 Å². The monoisotopic (exact) mass is 547 g/mol. The molecule has 0 aromatic heterocycles. The molecule has 1 atom stereocenters. The summed E-state index contributed by atoms with van der Waals surface area (Å²) in [5.74, 6) is -3.47. The summed E-state index contributed by atoms with van der Waals surface area (Å²) in [6.07, 6.45) is -9.40. The lowest BCUT2D eigenvalue weighted by Gasteiger charge is -2.19. The van der Waals surface area contributed by atoms with E-state index in [0.29, 0.717) is 12.1 Å². The number of hydrogen-bond donors (Lipinski definition) is 2. The van der Waals surface area contributed by atoms with Crippen LogP contribution in [0.4, 0.5) is 42.1 Å². The van der Waals surface area contributed by atoms with Crippen molar-refractivity contribution in [3.63, 3.8) is 0 Å². The average molecular weight is 548 g/mol. The summed E-state index contributed by atoms with van der Waals surface area (Å²) in [4.78, 5) is 12.0. The van der Waals surface area contributed by atoms with Crippen LogP contribution in [-0.4, -0.2) is 11.1 Å². The van der Waals surface area contributed by atoms with Gasteiger partial charge in [-0.25, -0.2) is 4.39 Å². The molecular formula is C26H21ClF7NO2. The lowest BCUT2D eigenvalue weighted by Crippen LogP contribution is -2.14. The summed E-state index contributed by atoms with van der Waals surface area (Å²) >= 11 is 5.72. The van der Waals surface area contributed by atoms with Crippen molar-refractivity contribution in [1.82, 2.24) is 0 Å². The first-order valence-electron chi connectivity index (χ1n) is 10.9. The Morgan fingerprint density at radius 2 is 1.54 bits per heavy atom. The Labute approximate surface area is 212 Å². The van der Waals surface area contributed by atoms with Gasteiger partial charge in [0.1, 0.15) is 5.82 Å². The highest BCUT2D eigenvalue weighted by Crippen LogP contribution is 2.39. The van der Waals surface area contributed by atoms with Gasteiger partial charge in [-0.3, -0.25) is 4.79 Å². The quantitative estimate of drug-likeness (QED) is 0.290. The predicted octanol–water partition coefficient (Wildman–Crippen LogP) is 9.14. The third-order valence-electron chi connectivity index (χ3n) is 5.48. The van der Waals surface area contributed by atoms with Crippen LogP contribution in [0.1, 0.15) is 42.9 Å². The van der Waals surface area contributed by atoms with Gasteiger partial charge in [0.2, 0.25) is 0 Å². The molecule has 0 aliphatic carbocycles. The molecule has 3 rings (SSSR count). The molecule has 0 heterocycles. The van der Waals surface area contributed by atoms with E-state index in [0.717, 1.165) is 18.2 Å². The fourth-order valence-corrected chi connectivity index (χ4v) is 4.08. The van der Waals surface area contributed by atoms with Crippen LogP contribution < -0.4 is 5.32 Å². The Bertz CT molecular complexity index is 1300. The molecule has 0 fully saturated rings. The van der Waals surface area contributed by atoms with Gasteiger partial charge >= 0.3 is 18.3 Å². The standard InChI is InChI=1S/C26H21ClF7NO2/c1-13(2)5-21(24(36)37)16-6-15(14-3-4-23(27)22(9-14)26(32,33)34)7-19(8-16)35-20-11-17(25(29,30)31)10-18(28)12-20/h3-4,6-13,21,35H,5H2,1-2H3,(H,36,37). The number of alkyl halides is 6. The van der Waals surface area contributed by atoms with E-state index < -0.39 is 46.2 Å². The molecule has 11 heteroatoms. The summed E-state index contributed by atoms with van der Waals surface area (Å²) in [6, 6.07) is 9.06. The van der Waals surface area contributed by atoms with Gasteiger partial charge < -0.3 is 10.4 Å². The lowest BCUT2D eigenvalue weighted by atomic mass is 9.88. The zero-order valence-electron chi connectivity index (χ0n) is 19.4. The van der Waals surface area contributed by atoms with Crippen LogP contribution in [0.25, 0.3) is 11.1 Å². The first-order chi connectivity index (χ1) is 17.0. The number of benzene rings is 3. The minimum atomic E-state index is -4.82. The number of rotatable bonds is 7. The molecule has 0 aliphatic heterocycles. The molecule has 3 aromatic rings. The van der Waals surface area contributed by atoms with Crippen LogP contribution in [-0.2, 0) is 17.1 Å². The van der Waals surface area contributed by atoms with Gasteiger partial charge in [-0.1, -0.05) is 37.6 Å². The van der Waals surface area contributed by atoms with E-state index in [1.54, 1.807) is 13.8 Å². The van der Waals surface area contributed by atoms with Crippen LogP contribution >= 0.6 is 11.6 Å². The third kappa shape index (κ3) is 7.15. The van der Waals surface area contributed by atoms with Crippen molar-refractivity contribution in [2.45, 2.75) is 38.5 Å². The SMILES string of the molecule is CC(C)CC(C(=O)O)c1cc(Nc2cc(F)cc(C(F)(F)F)c2)cc(-c2ccc(Cl)c(C(F)(F)F)c2)c1. The number of halogens is 8. The normalized spacial score (nSPS) is 13.1. The minimum absolute atomic E-state index is 0.0468. The van der Waals surface area contributed by atoms with Crippen LogP contribution in [0.2, 0.25) is 5.02 Å². The second-order valence-corrected chi connectivity index (χ2v) is 9.31. The molecule has 0 aliphatic rings. The number of aliphatic carboxylic acids is 1. The maximum absolute atomic E-state index is 13.9. The Kier molecular flexibility index (Phi) is 8.12. The molecule has 1 unspecified atom stereocenters. The number of carboxylic acids is 1. The molecule has 2 N–H and O–H groups in total. The number of hydrogen-bond acceptors (Lipinski definition) is 2. The van der Waals surface area contributed by atoms with Gasteiger partial charge in [0.15, 0.2) is 0 Å². The minimum Gasteiger partial charge on any atom is -0.481 e. The summed E-state index contributed by atoms with van der Waals surface area (Å²) in [5.41, 5.74) is -2.17. The summed E-state index contributed by atoms with van der Waals surface area (Å²) in [6.45, 7) is 3.58. The second-order valence-electron chi connectivity index (χ2n) is 8.91. The largest absolute Gasteiger partial charge is 0.481 e. The van der Waals surface area contributed by atoms with Crippen LogP contribution in [0.3, 0.4) is 0 Å². The Morgan fingerprint density at radius 3 is 2.11 bits per heavy atom. The van der Waals surface area contributed by atoms with E-state index in [-0.39, 0.29) is 40.4 Å². The highest BCUT2D eigenvalue weighted by molar-refractivity contribution is 6.31. The topological polar surface area (TPSA) is 49.3 Å². The van der Waals surface area contributed by atoms with E-state index in [1.807, 2.05) is 0 Å². The van der Waals surface area contributed by atoms with E-state index in [4.69, 9.17) is 11.6 Å². The van der Waals surface area contributed by atoms with Crippen molar-refractivity contribution in [1.29, 1.82) is 0 Å². The fraction of sp³-hybridized carbons (Fsp3) is 0.269. The number of carbonyl (C=O) groups is 1. The zero-order valence-corrected chi connectivity index (χ0v) is 20.2. The average Bonchev–Trinajstić information content (AvgIpc) is 2.75. The predicted molar refractivity (Wildman–Crippen MR) is 126 cm³/mol. The van der Waals surface area contributed by atoms with Crippen molar-refractivity contribution < 1.29 is 40.6 Å². The molecule has 0 saturated carbocycles. The van der Waals surface area contributed by atoms with Crippen molar-refractivity contribution >= 4 is 28.9 Å². The van der Waals surface area contributed by atoms with Gasteiger partial charge in [0, 0.05) is 11.4 Å². The number of nitrogens with one attached hydrogen (secondary N) is 1. The van der Waals surface area contributed by atoms with Crippen LogP contribution in [0.15, 0.2) is 54.6 Å². The lowest BCUT2D eigenvalue weighted by molar-refractivity contribution is -0.139. The van der Waals surface area contributed by atoms with Crippen LogP contribution in [0, 0.1) is 11.7 Å². The van der Waals surface area contributed by atoms with Gasteiger partial charge in [-0.2, -0.15) is 26.3 Å². The molecule has 3 nitrogen and oxygen atoms in total. The molecule has 0 bridgehead atoms. The Balaban J connectivity index is 2.19. The molecule has 198 valence electrons. The maximum atomic E-state index is 13.9. The molecule has 3 aromatic carbocycles. The zero-order chi connectivity index (χ0) is 27.7. The summed E-state index contributed by atoms with van der Waals surface area (Å²) < 4.78 is 93.7. The first-order valence-corrected chi connectivity index (χ1v) is 11.3. The van der Waals surface area contributed by atoms with Gasteiger partial charge in [-0.15, -0.1) is 0 Å². The molecule has 0 spiro atoms. The van der Waals surface area contributed by atoms with Crippen LogP contribution in [0.5, 0.6) is 0 Å². The van der Waals surface area contributed by atoms with E-state index in [2.05, 4.69) is 5.32 Å². The summed E-state index contributed by atoms with van der Waals surface area (Å²) in [5, 5.41) is 11.9. The Morgan fingerprint density at radius 1 is 0.892 bits per heavy atom. The van der Waals surface area contributed by atoms with E-state index in [1.165, 1.54) is 24.3 Å². The molecule has 0 amide bonds. The van der Waals surface area contributed by atoms with E-state index in [9.17, 15) is 40.6 Å². The molecule has 37 heavy (non-hydrogen) atoms. The number of anilines is 2. The van der Waals surface area contributed by atoms with Gasteiger partial charge in [0.05, 0.1) is 22.1 Å².